The molecule has 1 rings (SSSR count). The SMILES string of the molecule is CCCC1CCC(NC(=O)N(C)CC(C)O)CC1. The normalized spacial score (nSPS) is 25.6. The van der Waals surface area contributed by atoms with Crippen molar-refractivity contribution in [3.8, 4) is 0 Å². The summed E-state index contributed by atoms with van der Waals surface area (Å²) in [6.07, 6.45) is 6.78. The van der Waals surface area contributed by atoms with Gasteiger partial charge < -0.3 is 15.3 Å². The first kappa shape index (κ1) is 15.3. The molecule has 0 radical (unpaired) electrons. The third-order valence-electron chi connectivity index (χ3n) is 3.76. The van der Waals surface area contributed by atoms with Crippen molar-refractivity contribution in [3.63, 3.8) is 0 Å². The van der Waals surface area contributed by atoms with E-state index in [2.05, 4.69) is 12.2 Å². The molecule has 1 atom stereocenters. The number of carbonyl (C=O) groups is 1. The number of nitrogens with zero attached hydrogens (tertiary/aromatic N) is 1. The Morgan fingerprint density at radius 2 is 2.00 bits per heavy atom. The van der Waals surface area contributed by atoms with Crippen molar-refractivity contribution in [1.82, 2.24) is 10.2 Å². The van der Waals surface area contributed by atoms with Crippen LogP contribution in [0.2, 0.25) is 0 Å². The molecule has 0 aromatic carbocycles. The summed E-state index contributed by atoms with van der Waals surface area (Å²) in [5.41, 5.74) is 0. The van der Waals surface area contributed by atoms with E-state index in [-0.39, 0.29) is 6.03 Å². The number of aliphatic hydroxyl groups is 1. The van der Waals surface area contributed by atoms with E-state index in [1.54, 1.807) is 18.9 Å². The molecule has 1 fully saturated rings. The fraction of sp³-hybridized carbons (Fsp3) is 0.929. The average Bonchev–Trinajstić information content (AvgIpc) is 2.31. The molecule has 2 amide bonds. The Kier molecular flexibility index (Phi) is 6.47. The maximum absolute atomic E-state index is 11.9. The van der Waals surface area contributed by atoms with Gasteiger partial charge in [-0.05, 0) is 38.5 Å². The van der Waals surface area contributed by atoms with Crippen molar-refractivity contribution in [2.24, 2.45) is 5.92 Å². The van der Waals surface area contributed by atoms with E-state index in [0.717, 1.165) is 18.8 Å². The number of hydrogen-bond acceptors (Lipinski definition) is 2. The van der Waals surface area contributed by atoms with Crippen LogP contribution in [0.3, 0.4) is 0 Å². The molecule has 1 unspecified atom stereocenters. The summed E-state index contributed by atoms with van der Waals surface area (Å²) in [5, 5.41) is 12.3. The van der Waals surface area contributed by atoms with Gasteiger partial charge in [-0.1, -0.05) is 19.8 Å². The lowest BCUT2D eigenvalue weighted by molar-refractivity contribution is 0.140. The Bertz CT molecular complexity index is 248. The second kappa shape index (κ2) is 7.62. The third-order valence-corrected chi connectivity index (χ3v) is 3.76. The van der Waals surface area contributed by atoms with Gasteiger partial charge in [0, 0.05) is 19.6 Å². The summed E-state index contributed by atoms with van der Waals surface area (Å²) in [4.78, 5) is 13.4. The minimum atomic E-state index is -0.471. The van der Waals surface area contributed by atoms with Gasteiger partial charge in [0.15, 0.2) is 0 Å². The van der Waals surface area contributed by atoms with Crippen LogP contribution in [-0.2, 0) is 0 Å². The molecule has 4 heteroatoms. The zero-order valence-electron chi connectivity index (χ0n) is 12.0. The molecule has 0 aliphatic heterocycles. The predicted molar refractivity (Wildman–Crippen MR) is 73.5 cm³/mol. The fourth-order valence-electron chi connectivity index (χ4n) is 2.77. The summed E-state index contributed by atoms with van der Waals surface area (Å²) in [6.45, 7) is 4.32. The number of rotatable bonds is 5. The van der Waals surface area contributed by atoms with Crippen LogP contribution in [0, 0.1) is 5.92 Å². The first-order valence-electron chi connectivity index (χ1n) is 7.22. The van der Waals surface area contributed by atoms with Crippen molar-refractivity contribution in [2.45, 2.75) is 64.5 Å². The highest BCUT2D eigenvalue weighted by Gasteiger charge is 2.23. The molecule has 4 nitrogen and oxygen atoms in total. The Labute approximate surface area is 111 Å². The summed E-state index contributed by atoms with van der Waals surface area (Å²) in [6, 6.07) is 0.261. The Balaban J connectivity index is 2.25. The Hall–Kier alpha value is -0.770. The largest absolute Gasteiger partial charge is 0.392 e. The van der Waals surface area contributed by atoms with Gasteiger partial charge >= 0.3 is 6.03 Å². The monoisotopic (exact) mass is 256 g/mol. The Morgan fingerprint density at radius 3 is 2.50 bits per heavy atom. The number of aliphatic hydroxyl groups excluding tert-OH is 1. The van der Waals surface area contributed by atoms with E-state index in [0.29, 0.717) is 12.6 Å². The van der Waals surface area contributed by atoms with E-state index < -0.39 is 6.10 Å². The van der Waals surface area contributed by atoms with Crippen LogP contribution >= 0.6 is 0 Å². The van der Waals surface area contributed by atoms with Crippen LogP contribution in [0.5, 0.6) is 0 Å². The van der Waals surface area contributed by atoms with E-state index in [9.17, 15) is 9.90 Å². The molecule has 1 aliphatic rings. The number of amides is 2. The number of urea groups is 1. The highest BCUT2D eigenvalue weighted by Crippen LogP contribution is 2.27. The highest BCUT2D eigenvalue weighted by molar-refractivity contribution is 5.74. The van der Waals surface area contributed by atoms with E-state index >= 15 is 0 Å². The second-order valence-corrected chi connectivity index (χ2v) is 5.69. The van der Waals surface area contributed by atoms with Crippen LogP contribution in [0.25, 0.3) is 0 Å². The smallest absolute Gasteiger partial charge is 0.317 e. The second-order valence-electron chi connectivity index (χ2n) is 5.69. The lowest BCUT2D eigenvalue weighted by Crippen LogP contribution is -2.46. The van der Waals surface area contributed by atoms with Crippen molar-refractivity contribution in [1.29, 1.82) is 0 Å². The van der Waals surface area contributed by atoms with E-state index in [4.69, 9.17) is 0 Å². The maximum atomic E-state index is 11.9. The van der Waals surface area contributed by atoms with Crippen LogP contribution in [0.4, 0.5) is 4.79 Å². The number of nitrogens with one attached hydrogen (secondary N) is 1. The molecule has 0 spiro atoms. The first-order chi connectivity index (χ1) is 8.52. The predicted octanol–water partition coefficient (Wildman–Crippen LogP) is 2.37. The molecule has 1 saturated carbocycles. The van der Waals surface area contributed by atoms with Crippen molar-refractivity contribution < 1.29 is 9.90 Å². The zero-order valence-corrected chi connectivity index (χ0v) is 12.0. The first-order valence-corrected chi connectivity index (χ1v) is 7.22. The zero-order chi connectivity index (χ0) is 13.5. The minimum Gasteiger partial charge on any atom is -0.392 e. The van der Waals surface area contributed by atoms with Gasteiger partial charge in [0.1, 0.15) is 0 Å². The molecule has 18 heavy (non-hydrogen) atoms. The van der Waals surface area contributed by atoms with Gasteiger partial charge in [0.2, 0.25) is 0 Å². The van der Waals surface area contributed by atoms with Gasteiger partial charge in [-0.15, -0.1) is 0 Å². The number of likely N-dealkylation sites (N-methyl/N-ethyl adjacent to an activating group) is 1. The molecule has 2 N–H and O–H groups in total. The molecule has 1 aliphatic carbocycles. The topological polar surface area (TPSA) is 52.6 Å². The molecule has 0 heterocycles. The molecule has 106 valence electrons. The van der Waals surface area contributed by atoms with E-state index in [1.807, 2.05) is 0 Å². The number of carbonyl (C=O) groups excluding carboxylic acids is 1. The van der Waals surface area contributed by atoms with Gasteiger partial charge in [-0.2, -0.15) is 0 Å². The van der Waals surface area contributed by atoms with Gasteiger partial charge in [0.05, 0.1) is 6.10 Å². The molecular formula is C14H28N2O2. The van der Waals surface area contributed by atoms with Crippen LogP contribution < -0.4 is 5.32 Å². The molecule has 0 saturated heterocycles. The summed E-state index contributed by atoms with van der Waals surface area (Å²) < 4.78 is 0. The minimum absolute atomic E-state index is 0.0603. The van der Waals surface area contributed by atoms with Crippen LogP contribution in [0.1, 0.15) is 52.4 Å². The van der Waals surface area contributed by atoms with Crippen molar-refractivity contribution in [3.05, 3.63) is 0 Å². The molecule has 0 bridgehead atoms. The summed E-state index contributed by atoms with van der Waals surface area (Å²) >= 11 is 0. The van der Waals surface area contributed by atoms with Gasteiger partial charge in [-0.25, -0.2) is 4.79 Å². The Morgan fingerprint density at radius 1 is 1.39 bits per heavy atom. The summed E-state index contributed by atoms with van der Waals surface area (Å²) in [5.74, 6) is 0.860. The van der Waals surface area contributed by atoms with Gasteiger partial charge in [0.25, 0.3) is 0 Å². The van der Waals surface area contributed by atoms with Crippen molar-refractivity contribution in [2.75, 3.05) is 13.6 Å². The number of hydrogen-bond donors (Lipinski definition) is 2. The fourth-order valence-corrected chi connectivity index (χ4v) is 2.77. The summed E-state index contributed by atoms with van der Waals surface area (Å²) in [7, 11) is 1.73. The maximum Gasteiger partial charge on any atom is 0.317 e. The van der Waals surface area contributed by atoms with Gasteiger partial charge in [-0.3, -0.25) is 0 Å². The average molecular weight is 256 g/mol. The van der Waals surface area contributed by atoms with Crippen molar-refractivity contribution >= 4 is 6.03 Å². The molecule has 0 aromatic rings. The highest BCUT2D eigenvalue weighted by atomic mass is 16.3. The lowest BCUT2D eigenvalue weighted by atomic mass is 9.83. The lowest BCUT2D eigenvalue weighted by Gasteiger charge is -2.30. The molecular weight excluding hydrogens is 228 g/mol. The molecule has 0 aromatic heterocycles. The van der Waals surface area contributed by atoms with E-state index in [1.165, 1.54) is 25.7 Å². The third kappa shape index (κ3) is 5.25. The van der Waals surface area contributed by atoms with Crippen LogP contribution in [0.15, 0.2) is 0 Å². The van der Waals surface area contributed by atoms with Crippen LogP contribution in [-0.4, -0.2) is 41.8 Å². The standard InChI is InChI=1S/C14H28N2O2/c1-4-5-12-6-8-13(9-7-12)15-14(18)16(3)10-11(2)17/h11-13,17H,4-10H2,1-3H3,(H,15,18). The quantitative estimate of drug-likeness (QED) is 0.793.